The van der Waals surface area contributed by atoms with Crippen LogP contribution in [0.4, 0.5) is 0 Å². The number of rotatable bonds is 6. The molecule has 3 N–H and O–H groups in total. The minimum absolute atomic E-state index is 0. The zero-order valence-electron chi connectivity index (χ0n) is 12.6. The average molecular weight is 315 g/mol. The molecule has 0 heterocycles. The van der Waals surface area contributed by atoms with Gasteiger partial charge >= 0.3 is 5.97 Å². The Hall–Kier alpha value is -1.59. The number of nitrogens with two attached hydrogens (primary N) is 1. The molecule has 1 rings (SSSR count). The van der Waals surface area contributed by atoms with Crippen molar-refractivity contribution in [3.63, 3.8) is 0 Å². The summed E-state index contributed by atoms with van der Waals surface area (Å²) in [5.41, 5.74) is 7.24. The molecule has 2 atom stereocenters. The van der Waals surface area contributed by atoms with Gasteiger partial charge in [0.1, 0.15) is 0 Å². The highest BCUT2D eigenvalue weighted by Gasteiger charge is 2.16. The Balaban J connectivity index is 0.00000400. The molecule has 0 aliphatic carbocycles. The van der Waals surface area contributed by atoms with Gasteiger partial charge in [-0.1, -0.05) is 19.1 Å². The van der Waals surface area contributed by atoms with Crippen molar-refractivity contribution >= 4 is 24.3 Å². The number of hydrogen-bond acceptors (Lipinski definition) is 4. The van der Waals surface area contributed by atoms with Gasteiger partial charge in [0.05, 0.1) is 12.7 Å². The molecule has 0 aliphatic heterocycles. The van der Waals surface area contributed by atoms with E-state index in [1.165, 1.54) is 7.11 Å². The molecule has 5 nitrogen and oxygen atoms in total. The van der Waals surface area contributed by atoms with Gasteiger partial charge in [0.25, 0.3) is 0 Å². The van der Waals surface area contributed by atoms with Gasteiger partial charge in [-0.05, 0) is 31.0 Å². The van der Waals surface area contributed by atoms with E-state index in [9.17, 15) is 9.59 Å². The molecule has 0 aromatic heterocycles. The van der Waals surface area contributed by atoms with E-state index in [4.69, 9.17) is 5.73 Å². The van der Waals surface area contributed by atoms with E-state index >= 15 is 0 Å². The maximum absolute atomic E-state index is 11.7. The van der Waals surface area contributed by atoms with E-state index < -0.39 is 0 Å². The Morgan fingerprint density at radius 2 is 1.81 bits per heavy atom. The number of hydrogen-bond donors (Lipinski definition) is 2. The number of amides is 1. The Bertz CT molecular complexity index is 460. The van der Waals surface area contributed by atoms with Gasteiger partial charge in [-0.15, -0.1) is 12.4 Å². The van der Waals surface area contributed by atoms with Gasteiger partial charge in [-0.2, -0.15) is 0 Å². The highest BCUT2D eigenvalue weighted by Crippen LogP contribution is 2.06. The summed E-state index contributed by atoms with van der Waals surface area (Å²) in [5, 5.41) is 2.85. The summed E-state index contributed by atoms with van der Waals surface area (Å²) in [6, 6.07) is 6.98. The molecule has 2 unspecified atom stereocenters. The van der Waals surface area contributed by atoms with Crippen molar-refractivity contribution in [2.75, 3.05) is 13.7 Å². The average Bonchev–Trinajstić information content (AvgIpc) is 2.46. The lowest BCUT2D eigenvalue weighted by Gasteiger charge is -2.15. The van der Waals surface area contributed by atoms with Gasteiger partial charge in [0.15, 0.2) is 0 Å². The van der Waals surface area contributed by atoms with Gasteiger partial charge < -0.3 is 15.8 Å². The Kier molecular flexibility index (Phi) is 8.66. The molecule has 0 spiro atoms. The molecule has 21 heavy (non-hydrogen) atoms. The zero-order chi connectivity index (χ0) is 15.1. The lowest BCUT2D eigenvalue weighted by molar-refractivity contribution is -0.124. The van der Waals surface area contributed by atoms with Crippen LogP contribution in [-0.2, 0) is 16.0 Å². The standard InChI is InChI=1S/C15H22N2O3.ClH/c1-10(11(2)16)14(18)17-9-8-12-4-6-13(7-5-12)15(19)20-3;/h4-7,10-11H,8-9,16H2,1-3H3,(H,17,18);1H. The third-order valence-corrected chi connectivity index (χ3v) is 3.29. The summed E-state index contributed by atoms with van der Waals surface area (Å²) < 4.78 is 4.63. The first-order valence-electron chi connectivity index (χ1n) is 6.66. The van der Waals surface area contributed by atoms with Gasteiger partial charge in [-0.25, -0.2) is 4.79 Å². The summed E-state index contributed by atoms with van der Waals surface area (Å²) >= 11 is 0. The zero-order valence-corrected chi connectivity index (χ0v) is 13.4. The van der Waals surface area contributed by atoms with Crippen molar-refractivity contribution in [2.45, 2.75) is 26.3 Å². The minimum Gasteiger partial charge on any atom is -0.465 e. The van der Waals surface area contributed by atoms with Crippen molar-refractivity contribution in [1.29, 1.82) is 0 Å². The van der Waals surface area contributed by atoms with Crippen molar-refractivity contribution in [2.24, 2.45) is 11.7 Å². The van der Waals surface area contributed by atoms with Crippen molar-refractivity contribution in [3.05, 3.63) is 35.4 Å². The number of methoxy groups -OCH3 is 1. The molecule has 0 aliphatic rings. The quantitative estimate of drug-likeness (QED) is 0.780. The molecule has 118 valence electrons. The third-order valence-electron chi connectivity index (χ3n) is 3.29. The van der Waals surface area contributed by atoms with Crippen LogP contribution in [0.5, 0.6) is 0 Å². The molecule has 1 aromatic rings. The number of halogens is 1. The molecule has 0 bridgehead atoms. The highest BCUT2D eigenvalue weighted by molar-refractivity contribution is 5.89. The first kappa shape index (κ1) is 19.4. The van der Waals surface area contributed by atoms with Crippen LogP contribution in [-0.4, -0.2) is 31.6 Å². The Labute approximate surface area is 131 Å². The van der Waals surface area contributed by atoms with Crippen LogP contribution in [0.1, 0.15) is 29.8 Å². The normalized spacial score (nSPS) is 12.8. The molecular formula is C15H23ClN2O3. The predicted octanol–water partition coefficient (Wildman–Crippen LogP) is 1.54. The van der Waals surface area contributed by atoms with E-state index in [1.807, 2.05) is 26.0 Å². The number of esters is 1. The number of benzene rings is 1. The topological polar surface area (TPSA) is 81.4 Å². The largest absolute Gasteiger partial charge is 0.465 e. The Morgan fingerprint density at radius 1 is 1.24 bits per heavy atom. The van der Waals surface area contributed by atoms with Crippen LogP contribution in [0.2, 0.25) is 0 Å². The molecule has 6 heteroatoms. The molecule has 0 fully saturated rings. The second-order valence-corrected chi connectivity index (χ2v) is 4.88. The predicted molar refractivity (Wildman–Crippen MR) is 84.6 cm³/mol. The van der Waals surface area contributed by atoms with Crippen LogP contribution in [0.25, 0.3) is 0 Å². The fraction of sp³-hybridized carbons (Fsp3) is 0.467. The number of nitrogens with one attached hydrogen (secondary N) is 1. The fourth-order valence-electron chi connectivity index (χ4n) is 1.66. The van der Waals surface area contributed by atoms with Crippen molar-refractivity contribution in [1.82, 2.24) is 5.32 Å². The monoisotopic (exact) mass is 314 g/mol. The SMILES string of the molecule is COC(=O)c1ccc(CCNC(=O)C(C)C(C)N)cc1.Cl. The van der Waals surface area contributed by atoms with E-state index in [0.29, 0.717) is 18.5 Å². The van der Waals surface area contributed by atoms with Crippen molar-refractivity contribution < 1.29 is 14.3 Å². The number of carbonyl (C=O) groups excluding carboxylic acids is 2. The molecule has 0 saturated heterocycles. The lowest BCUT2D eigenvalue weighted by Crippen LogP contribution is -2.39. The third kappa shape index (κ3) is 6.14. The maximum Gasteiger partial charge on any atom is 0.337 e. The van der Waals surface area contributed by atoms with Crippen LogP contribution in [0, 0.1) is 5.92 Å². The van der Waals surface area contributed by atoms with E-state index in [-0.39, 0.29) is 36.2 Å². The van der Waals surface area contributed by atoms with Crippen molar-refractivity contribution in [3.8, 4) is 0 Å². The van der Waals surface area contributed by atoms with E-state index in [1.54, 1.807) is 12.1 Å². The summed E-state index contributed by atoms with van der Waals surface area (Å²) in [7, 11) is 1.35. The molecule has 0 radical (unpaired) electrons. The maximum atomic E-state index is 11.7. The Morgan fingerprint density at radius 3 is 2.29 bits per heavy atom. The first-order valence-corrected chi connectivity index (χ1v) is 6.66. The summed E-state index contributed by atoms with van der Waals surface area (Å²) in [6.07, 6.45) is 0.707. The number of ether oxygens (including phenoxy) is 1. The summed E-state index contributed by atoms with van der Waals surface area (Å²) in [5.74, 6) is -0.585. The molecule has 1 aromatic carbocycles. The van der Waals surface area contributed by atoms with E-state index in [2.05, 4.69) is 10.1 Å². The van der Waals surface area contributed by atoms with Crippen LogP contribution in [0.3, 0.4) is 0 Å². The minimum atomic E-state index is -0.351. The second kappa shape index (κ2) is 9.37. The van der Waals surface area contributed by atoms with Crippen LogP contribution >= 0.6 is 12.4 Å². The van der Waals surface area contributed by atoms with Gasteiger partial charge in [-0.3, -0.25) is 4.79 Å². The second-order valence-electron chi connectivity index (χ2n) is 4.88. The van der Waals surface area contributed by atoms with Crippen LogP contribution in [0.15, 0.2) is 24.3 Å². The van der Waals surface area contributed by atoms with Crippen LogP contribution < -0.4 is 11.1 Å². The fourth-order valence-corrected chi connectivity index (χ4v) is 1.66. The first-order chi connectivity index (χ1) is 9.45. The summed E-state index contributed by atoms with van der Waals surface area (Å²) in [6.45, 7) is 4.18. The smallest absolute Gasteiger partial charge is 0.337 e. The highest BCUT2D eigenvalue weighted by atomic mass is 35.5. The number of carbonyl (C=O) groups is 2. The molecule has 0 saturated carbocycles. The summed E-state index contributed by atoms with van der Waals surface area (Å²) in [4.78, 5) is 23.0. The van der Waals surface area contributed by atoms with Gasteiger partial charge in [0, 0.05) is 18.5 Å². The van der Waals surface area contributed by atoms with E-state index in [0.717, 1.165) is 5.56 Å². The molecule has 1 amide bonds. The molecular weight excluding hydrogens is 292 g/mol. The van der Waals surface area contributed by atoms with Gasteiger partial charge in [0.2, 0.25) is 5.91 Å². The lowest BCUT2D eigenvalue weighted by atomic mass is 10.0.